The largest absolute Gasteiger partial charge is 0.439 e. The van der Waals surface area contributed by atoms with Gasteiger partial charge in [-0.3, -0.25) is 19.4 Å². The lowest BCUT2D eigenvalue weighted by Crippen LogP contribution is -2.55. The lowest BCUT2D eigenvalue weighted by atomic mass is 9.98. The van der Waals surface area contributed by atoms with Gasteiger partial charge in [0.25, 0.3) is 0 Å². The Bertz CT molecular complexity index is 1440. The number of hydrogen-bond acceptors (Lipinski definition) is 9. The maximum Gasteiger partial charge on any atom is 0.439 e. The van der Waals surface area contributed by atoms with Gasteiger partial charge in [0.1, 0.15) is 11.4 Å². The molecule has 4 rings (SSSR count). The van der Waals surface area contributed by atoms with Crippen molar-refractivity contribution in [1.82, 2.24) is 30.0 Å². The first-order valence-corrected chi connectivity index (χ1v) is 14.0. The highest BCUT2D eigenvalue weighted by Gasteiger charge is 2.43. The maximum absolute atomic E-state index is 13.9. The Morgan fingerprint density at radius 3 is 2.64 bits per heavy atom. The number of hydrogen-bond donors (Lipinski definition) is 2. The number of allylic oxidation sites excluding steroid dienone is 1. The summed E-state index contributed by atoms with van der Waals surface area (Å²) in [4.78, 5) is 30.8. The molecule has 14 heteroatoms. The molecule has 1 aliphatic rings. The summed E-state index contributed by atoms with van der Waals surface area (Å²) in [6, 6.07) is 1.44. The minimum Gasteiger partial charge on any atom is -0.336 e. The molecule has 0 spiro atoms. The number of H-pyrrole nitrogens is 1. The number of aromatic nitrogens is 5. The van der Waals surface area contributed by atoms with E-state index in [1.807, 2.05) is 17.9 Å². The Kier molecular flexibility index (Phi) is 10.0. The van der Waals surface area contributed by atoms with E-state index in [1.54, 1.807) is 18.3 Å². The van der Waals surface area contributed by atoms with Crippen molar-refractivity contribution in [3.63, 3.8) is 0 Å². The number of alkyl halides is 3. The number of pyridine rings is 1. The smallest absolute Gasteiger partial charge is 0.336 e. The molecule has 1 aliphatic heterocycles. The third-order valence-corrected chi connectivity index (χ3v) is 7.22. The van der Waals surface area contributed by atoms with Gasteiger partial charge in [0.15, 0.2) is 12.1 Å². The molecule has 4 heterocycles. The third kappa shape index (κ3) is 7.57. The van der Waals surface area contributed by atoms with Gasteiger partial charge < -0.3 is 10.2 Å². The highest BCUT2D eigenvalue weighted by molar-refractivity contribution is 6.30. The monoisotopic (exact) mass is 606 g/mol. The summed E-state index contributed by atoms with van der Waals surface area (Å²) in [6.45, 7) is 10.6. The van der Waals surface area contributed by atoms with E-state index < -0.39 is 24.8 Å². The van der Waals surface area contributed by atoms with Gasteiger partial charge in [-0.15, -0.1) is 13.2 Å². The second-order valence-electron chi connectivity index (χ2n) is 10.4. The minimum absolute atomic E-state index is 0.0158. The average Bonchev–Trinajstić information content (AvgIpc) is 3.53. The fraction of sp³-hybridized carbons (Fsp3) is 0.464. The molecule has 0 fully saturated rings. The number of halogens is 4. The van der Waals surface area contributed by atoms with E-state index in [1.165, 1.54) is 11.1 Å². The summed E-state index contributed by atoms with van der Waals surface area (Å²) in [5, 5.41) is 7.26. The van der Waals surface area contributed by atoms with E-state index in [9.17, 15) is 18.0 Å². The van der Waals surface area contributed by atoms with E-state index in [0.717, 1.165) is 19.3 Å². The molecule has 0 aliphatic carbocycles. The normalized spacial score (nSPS) is 16.3. The summed E-state index contributed by atoms with van der Waals surface area (Å²) in [6.07, 6.45) is 4.86. The van der Waals surface area contributed by atoms with E-state index >= 15 is 0 Å². The Balaban J connectivity index is 1.84. The molecular formula is C28H34ClF3N8O2. The van der Waals surface area contributed by atoms with Crippen LogP contribution < -0.4 is 16.0 Å². The molecule has 42 heavy (non-hydrogen) atoms. The zero-order chi connectivity index (χ0) is 30.4. The molecule has 0 amide bonds. The predicted octanol–water partition coefficient (Wildman–Crippen LogP) is 6.26. The van der Waals surface area contributed by atoms with Crippen LogP contribution in [0, 0.1) is 5.92 Å². The van der Waals surface area contributed by atoms with Crippen LogP contribution in [0.2, 0.25) is 5.02 Å². The van der Waals surface area contributed by atoms with Crippen molar-refractivity contribution in [2.75, 3.05) is 23.3 Å². The summed E-state index contributed by atoms with van der Waals surface area (Å²) >= 11 is 6.28. The van der Waals surface area contributed by atoms with E-state index in [4.69, 9.17) is 11.6 Å². The van der Waals surface area contributed by atoms with Crippen LogP contribution in [0.1, 0.15) is 46.0 Å². The lowest BCUT2D eigenvalue weighted by Gasteiger charge is -2.40. The van der Waals surface area contributed by atoms with Crippen molar-refractivity contribution >= 4 is 23.1 Å². The van der Waals surface area contributed by atoms with Gasteiger partial charge in [-0.05, 0) is 38.2 Å². The second-order valence-corrected chi connectivity index (χ2v) is 10.9. The number of rotatable bonds is 14. The van der Waals surface area contributed by atoms with Crippen LogP contribution in [-0.4, -0.2) is 61.6 Å². The van der Waals surface area contributed by atoms with Crippen molar-refractivity contribution in [3.8, 4) is 22.9 Å². The highest BCUT2D eigenvalue weighted by Crippen LogP contribution is 2.44. The maximum atomic E-state index is 13.9. The fourth-order valence-electron chi connectivity index (χ4n) is 5.10. The SMILES string of the molecule is C=CCCN(CC(F)(F)F)C1Nc2nc(-c3noc(=O)[nH]3)nc(-c3cncc(Cl)c3)c2N1C(C)CCC[C@@H](C)CC=C. The van der Waals surface area contributed by atoms with Gasteiger partial charge in [-0.25, -0.2) is 14.8 Å². The lowest BCUT2D eigenvalue weighted by molar-refractivity contribution is -0.149. The van der Waals surface area contributed by atoms with E-state index in [2.05, 4.69) is 55.0 Å². The Morgan fingerprint density at radius 1 is 1.21 bits per heavy atom. The average molecular weight is 607 g/mol. The zero-order valence-corrected chi connectivity index (χ0v) is 24.3. The Labute approximate surface area is 246 Å². The summed E-state index contributed by atoms with van der Waals surface area (Å²) in [5.41, 5.74) is 1.38. The first kappa shape index (κ1) is 31.2. The first-order valence-electron chi connectivity index (χ1n) is 13.7. The predicted molar refractivity (Wildman–Crippen MR) is 156 cm³/mol. The standard InChI is InChI=1S/C28H34ClF3N8O2/c1-5-7-12-39(16-28(30,31)32)26-36-23-22(40(26)18(4)11-8-10-17(3)9-6-2)21(19-13-20(29)15-33-14-19)34-24(35-23)25-37-27(41)42-38-25/h5-6,13-15,17-18,26H,1-2,7-12,16H2,3-4H3,(H,34,35,36)(H,37,38,41)/t17-,18?,26?/m0/s1. The molecular weight excluding hydrogens is 573 g/mol. The quantitative estimate of drug-likeness (QED) is 0.205. The molecule has 226 valence electrons. The van der Waals surface area contributed by atoms with E-state index in [0.29, 0.717) is 40.7 Å². The number of anilines is 2. The van der Waals surface area contributed by atoms with Gasteiger partial charge in [0.05, 0.1) is 11.6 Å². The minimum atomic E-state index is -4.45. The number of aromatic amines is 1. The van der Waals surface area contributed by atoms with Gasteiger partial charge in [-0.2, -0.15) is 13.2 Å². The summed E-state index contributed by atoms with van der Waals surface area (Å²) in [7, 11) is 0. The van der Waals surface area contributed by atoms with Crippen molar-refractivity contribution < 1.29 is 17.7 Å². The van der Waals surface area contributed by atoms with Crippen LogP contribution >= 0.6 is 11.6 Å². The van der Waals surface area contributed by atoms with Crippen molar-refractivity contribution in [2.45, 2.75) is 64.5 Å². The molecule has 0 bridgehead atoms. The van der Waals surface area contributed by atoms with Crippen LogP contribution in [0.5, 0.6) is 0 Å². The number of fused-ring (bicyclic) bond motifs is 1. The molecule has 0 radical (unpaired) electrons. The molecule has 10 nitrogen and oxygen atoms in total. The van der Waals surface area contributed by atoms with Crippen molar-refractivity contribution in [3.05, 3.63) is 59.3 Å². The van der Waals surface area contributed by atoms with Crippen LogP contribution in [0.3, 0.4) is 0 Å². The van der Waals surface area contributed by atoms with Crippen LogP contribution in [0.15, 0.2) is 53.1 Å². The summed E-state index contributed by atoms with van der Waals surface area (Å²) < 4.78 is 46.2. The van der Waals surface area contributed by atoms with E-state index in [-0.39, 0.29) is 30.1 Å². The molecule has 2 N–H and O–H groups in total. The Hall–Kier alpha value is -3.71. The van der Waals surface area contributed by atoms with Crippen LogP contribution in [-0.2, 0) is 0 Å². The first-order chi connectivity index (χ1) is 20.0. The van der Waals surface area contributed by atoms with Gasteiger partial charge in [0, 0.05) is 30.5 Å². The highest BCUT2D eigenvalue weighted by atomic mass is 35.5. The molecule has 3 aromatic heterocycles. The second kappa shape index (κ2) is 13.5. The third-order valence-electron chi connectivity index (χ3n) is 7.01. The topological polar surface area (TPSA) is 116 Å². The molecule has 0 saturated carbocycles. The number of nitrogens with one attached hydrogen (secondary N) is 2. The van der Waals surface area contributed by atoms with Gasteiger partial charge >= 0.3 is 11.9 Å². The van der Waals surface area contributed by atoms with Gasteiger partial charge in [-0.1, -0.05) is 48.7 Å². The molecule has 0 saturated heterocycles. The van der Waals surface area contributed by atoms with Crippen molar-refractivity contribution in [1.29, 1.82) is 0 Å². The Morgan fingerprint density at radius 2 is 2.00 bits per heavy atom. The zero-order valence-electron chi connectivity index (χ0n) is 23.5. The van der Waals surface area contributed by atoms with Crippen molar-refractivity contribution in [2.24, 2.45) is 5.92 Å². The summed E-state index contributed by atoms with van der Waals surface area (Å²) in [5.74, 6) is -0.0950. The van der Waals surface area contributed by atoms with Crippen LogP contribution in [0.4, 0.5) is 24.7 Å². The molecule has 3 aromatic rings. The molecule has 0 aromatic carbocycles. The molecule has 2 unspecified atom stereocenters. The van der Waals surface area contributed by atoms with Gasteiger partial charge in [0.2, 0.25) is 11.6 Å². The number of nitrogens with zero attached hydrogens (tertiary/aromatic N) is 6. The van der Waals surface area contributed by atoms with Crippen LogP contribution in [0.25, 0.3) is 22.9 Å². The molecule has 3 atom stereocenters. The fourth-order valence-corrected chi connectivity index (χ4v) is 5.27.